The van der Waals surface area contributed by atoms with Crippen molar-refractivity contribution >= 4 is 17.4 Å². The van der Waals surface area contributed by atoms with Gasteiger partial charge in [0.25, 0.3) is 0 Å². The molecule has 104 valence electrons. The highest BCUT2D eigenvalue weighted by atomic mass is 35.5. The van der Waals surface area contributed by atoms with Crippen LogP contribution in [-0.2, 0) is 6.61 Å². The van der Waals surface area contributed by atoms with Gasteiger partial charge in [0.05, 0.1) is 5.56 Å². The van der Waals surface area contributed by atoms with Crippen molar-refractivity contribution < 1.29 is 9.53 Å². The minimum Gasteiger partial charge on any atom is -0.488 e. The molecule has 0 amide bonds. The van der Waals surface area contributed by atoms with Gasteiger partial charge in [0.15, 0.2) is 5.78 Å². The van der Waals surface area contributed by atoms with E-state index in [9.17, 15) is 4.79 Å². The first-order chi connectivity index (χ1) is 9.61. The zero-order chi connectivity index (χ0) is 14.5. The van der Waals surface area contributed by atoms with Crippen molar-refractivity contribution in [2.45, 2.75) is 26.9 Å². The van der Waals surface area contributed by atoms with Crippen molar-refractivity contribution in [3.05, 3.63) is 64.2 Å². The molecule has 0 aromatic heterocycles. The van der Waals surface area contributed by atoms with Crippen LogP contribution >= 0.6 is 11.6 Å². The second kappa shape index (κ2) is 6.58. The Kier molecular flexibility index (Phi) is 4.80. The van der Waals surface area contributed by atoms with Crippen LogP contribution in [0.4, 0.5) is 0 Å². The third kappa shape index (κ3) is 3.40. The Labute approximate surface area is 124 Å². The zero-order valence-corrected chi connectivity index (χ0v) is 12.4. The van der Waals surface area contributed by atoms with Crippen LogP contribution < -0.4 is 4.74 Å². The van der Waals surface area contributed by atoms with Gasteiger partial charge in [0.1, 0.15) is 12.4 Å². The molecule has 2 aromatic rings. The summed E-state index contributed by atoms with van der Waals surface area (Å²) < 4.78 is 5.78. The molecule has 0 saturated heterocycles. The van der Waals surface area contributed by atoms with Crippen molar-refractivity contribution in [1.29, 1.82) is 0 Å². The van der Waals surface area contributed by atoms with E-state index in [4.69, 9.17) is 16.3 Å². The van der Waals surface area contributed by atoms with Gasteiger partial charge in [-0.3, -0.25) is 4.79 Å². The maximum Gasteiger partial charge on any atom is 0.166 e. The number of carbonyl (C=O) groups is 1. The Morgan fingerprint density at radius 1 is 1.20 bits per heavy atom. The second-order valence-corrected chi connectivity index (χ2v) is 5.06. The van der Waals surface area contributed by atoms with Crippen LogP contribution in [-0.4, -0.2) is 5.78 Å². The second-order valence-electron chi connectivity index (χ2n) is 4.66. The van der Waals surface area contributed by atoms with E-state index in [0.29, 0.717) is 29.4 Å². The number of aryl methyl sites for hydroxylation is 1. The van der Waals surface area contributed by atoms with E-state index in [1.165, 1.54) is 0 Å². The molecule has 0 radical (unpaired) electrons. The van der Waals surface area contributed by atoms with Gasteiger partial charge in [0.2, 0.25) is 0 Å². The predicted octanol–water partition coefficient (Wildman–Crippen LogP) is 4.82. The fraction of sp³-hybridized carbons (Fsp3) is 0.235. The minimum atomic E-state index is 0.0860. The number of hydrogen-bond donors (Lipinski definition) is 0. The van der Waals surface area contributed by atoms with Crippen LogP contribution in [0.25, 0.3) is 0 Å². The van der Waals surface area contributed by atoms with Crippen molar-refractivity contribution in [3.63, 3.8) is 0 Å². The zero-order valence-electron chi connectivity index (χ0n) is 11.7. The summed E-state index contributed by atoms with van der Waals surface area (Å²) in [5.41, 5.74) is 2.59. The maximum atomic E-state index is 12.0. The molecule has 0 saturated carbocycles. The Morgan fingerprint density at radius 2 is 1.95 bits per heavy atom. The molecule has 0 aliphatic heterocycles. The molecule has 0 aliphatic rings. The summed E-state index contributed by atoms with van der Waals surface area (Å²) in [6, 6.07) is 13.2. The quantitative estimate of drug-likeness (QED) is 0.737. The lowest BCUT2D eigenvalue weighted by Gasteiger charge is -2.12. The highest BCUT2D eigenvalue weighted by molar-refractivity contribution is 6.31. The van der Waals surface area contributed by atoms with Gasteiger partial charge >= 0.3 is 0 Å². The van der Waals surface area contributed by atoms with Gasteiger partial charge in [-0.25, -0.2) is 0 Å². The Morgan fingerprint density at radius 3 is 2.65 bits per heavy atom. The third-order valence-corrected chi connectivity index (χ3v) is 3.47. The number of rotatable bonds is 5. The molecule has 0 unspecified atom stereocenters. The maximum absolute atomic E-state index is 12.0. The summed E-state index contributed by atoms with van der Waals surface area (Å²) >= 11 is 6.10. The standard InChI is InChI=1S/C17H17ClO2/c1-3-16(19)14-10-12(2)8-9-17(14)20-11-13-6-4-5-7-15(13)18/h4-10H,3,11H2,1-2H3. The molecule has 0 spiro atoms. The fourth-order valence-corrected chi connectivity index (χ4v) is 2.14. The number of halogens is 1. The van der Waals surface area contributed by atoms with E-state index in [1.54, 1.807) is 0 Å². The molecular formula is C17H17ClO2. The summed E-state index contributed by atoms with van der Waals surface area (Å²) in [5.74, 6) is 0.699. The fourth-order valence-electron chi connectivity index (χ4n) is 1.95. The van der Waals surface area contributed by atoms with E-state index in [0.717, 1.165) is 11.1 Å². The number of carbonyl (C=O) groups excluding carboxylic acids is 1. The lowest BCUT2D eigenvalue weighted by atomic mass is 10.0. The molecule has 2 nitrogen and oxygen atoms in total. The minimum absolute atomic E-state index is 0.0860. The van der Waals surface area contributed by atoms with Crippen molar-refractivity contribution in [1.82, 2.24) is 0 Å². The highest BCUT2D eigenvalue weighted by Gasteiger charge is 2.11. The molecule has 2 aromatic carbocycles. The predicted molar refractivity (Wildman–Crippen MR) is 81.6 cm³/mol. The monoisotopic (exact) mass is 288 g/mol. The normalized spacial score (nSPS) is 10.3. The number of benzene rings is 2. The summed E-state index contributed by atoms with van der Waals surface area (Å²) in [5, 5.41) is 0.669. The number of ketones is 1. The van der Waals surface area contributed by atoms with Gasteiger partial charge in [-0.05, 0) is 25.1 Å². The van der Waals surface area contributed by atoms with Crippen molar-refractivity contribution in [2.75, 3.05) is 0 Å². The van der Waals surface area contributed by atoms with E-state index in [1.807, 2.05) is 56.3 Å². The molecule has 3 heteroatoms. The van der Waals surface area contributed by atoms with Gasteiger partial charge in [-0.1, -0.05) is 48.4 Å². The molecule has 0 heterocycles. The number of ether oxygens (including phenoxy) is 1. The Bertz CT molecular complexity index is 620. The molecule has 2 rings (SSSR count). The van der Waals surface area contributed by atoms with Gasteiger partial charge in [-0.15, -0.1) is 0 Å². The van der Waals surface area contributed by atoms with Crippen LogP contribution in [0.2, 0.25) is 5.02 Å². The largest absolute Gasteiger partial charge is 0.488 e. The number of Topliss-reactive ketones (excluding diaryl/α,β-unsaturated/α-hetero) is 1. The summed E-state index contributed by atoms with van der Waals surface area (Å²) in [6.45, 7) is 4.17. The number of hydrogen-bond acceptors (Lipinski definition) is 2. The molecule has 0 aliphatic carbocycles. The highest BCUT2D eigenvalue weighted by Crippen LogP contribution is 2.24. The Hall–Kier alpha value is -1.80. The first-order valence-corrected chi connectivity index (χ1v) is 6.99. The van der Waals surface area contributed by atoms with Crippen LogP contribution in [0.1, 0.15) is 34.8 Å². The van der Waals surface area contributed by atoms with Crippen LogP contribution in [0.5, 0.6) is 5.75 Å². The van der Waals surface area contributed by atoms with Gasteiger partial charge < -0.3 is 4.74 Å². The smallest absolute Gasteiger partial charge is 0.166 e. The van der Waals surface area contributed by atoms with Crippen LogP contribution in [0.3, 0.4) is 0 Å². The summed E-state index contributed by atoms with van der Waals surface area (Å²) in [6.07, 6.45) is 0.464. The van der Waals surface area contributed by atoms with E-state index in [2.05, 4.69) is 0 Å². The Balaban J connectivity index is 2.21. The molecule has 0 bridgehead atoms. The van der Waals surface area contributed by atoms with Crippen molar-refractivity contribution in [3.8, 4) is 5.75 Å². The third-order valence-electron chi connectivity index (χ3n) is 3.10. The molecular weight excluding hydrogens is 272 g/mol. The molecule has 0 fully saturated rings. The van der Waals surface area contributed by atoms with E-state index < -0.39 is 0 Å². The summed E-state index contributed by atoms with van der Waals surface area (Å²) in [4.78, 5) is 12.0. The summed E-state index contributed by atoms with van der Waals surface area (Å²) in [7, 11) is 0. The van der Waals surface area contributed by atoms with Gasteiger partial charge in [-0.2, -0.15) is 0 Å². The lowest BCUT2D eigenvalue weighted by molar-refractivity contribution is 0.0983. The van der Waals surface area contributed by atoms with Crippen LogP contribution in [0, 0.1) is 6.92 Å². The SMILES string of the molecule is CCC(=O)c1cc(C)ccc1OCc1ccccc1Cl. The van der Waals surface area contributed by atoms with Crippen LogP contribution in [0.15, 0.2) is 42.5 Å². The lowest BCUT2D eigenvalue weighted by Crippen LogP contribution is -2.04. The van der Waals surface area contributed by atoms with Crippen molar-refractivity contribution in [2.24, 2.45) is 0 Å². The van der Waals surface area contributed by atoms with Gasteiger partial charge in [0, 0.05) is 17.0 Å². The molecule has 0 atom stereocenters. The molecule has 0 N–H and O–H groups in total. The van der Waals surface area contributed by atoms with E-state index >= 15 is 0 Å². The van der Waals surface area contributed by atoms with E-state index in [-0.39, 0.29) is 5.78 Å². The average molecular weight is 289 g/mol. The molecule has 20 heavy (non-hydrogen) atoms. The topological polar surface area (TPSA) is 26.3 Å². The average Bonchev–Trinajstić information content (AvgIpc) is 2.46. The first-order valence-electron chi connectivity index (χ1n) is 6.62. The first kappa shape index (κ1) is 14.6.